The van der Waals surface area contributed by atoms with Crippen molar-refractivity contribution in [1.82, 2.24) is 4.90 Å². The Bertz CT molecular complexity index is 492. The summed E-state index contributed by atoms with van der Waals surface area (Å²) < 4.78 is 0. The van der Waals surface area contributed by atoms with Crippen LogP contribution < -0.4 is 0 Å². The summed E-state index contributed by atoms with van der Waals surface area (Å²) >= 11 is 1.72. The SMILES string of the molecule is CSCCCC(=O)N1C[C@H](C(=O)O)[C@H](c2ccccc2)C1. The number of hydrogen-bond acceptors (Lipinski definition) is 3. The summed E-state index contributed by atoms with van der Waals surface area (Å²) in [5.74, 6) is -0.383. The van der Waals surface area contributed by atoms with Gasteiger partial charge in [0.25, 0.3) is 0 Å². The number of aliphatic carboxylic acids is 1. The molecule has 1 aromatic rings. The van der Waals surface area contributed by atoms with E-state index in [4.69, 9.17) is 0 Å². The third-order valence-electron chi connectivity index (χ3n) is 3.96. The van der Waals surface area contributed by atoms with Gasteiger partial charge in [0.15, 0.2) is 0 Å². The van der Waals surface area contributed by atoms with Gasteiger partial charge in [0.1, 0.15) is 0 Å². The largest absolute Gasteiger partial charge is 0.481 e. The van der Waals surface area contributed by atoms with Crippen molar-refractivity contribution in [3.05, 3.63) is 35.9 Å². The molecule has 1 saturated heterocycles. The molecule has 0 spiro atoms. The van der Waals surface area contributed by atoms with Gasteiger partial charge in [-0.25, -0.2) is 0 Å². The number of thioether (sulfide) groups is 1. The number of hydrogen-bond donors (Lipinski definition) is 1. The van der Waals surface area contributed by atoms with Crippen LogP contribution in [0.3, 0.4) is 0 Å². The van der Waals surface area contributed by atoms with Crippen LogP contribution in [0.5, 0.6) is 0 Å². The molecule has 0 radical (unpaired) electrons. The molecule has 0 unspecified atom stereocenters. The van der Waals surface area contributed by atoms with Crippen LogP contribution in [0.4, 0.5) is 0 Å². The highest BCUT2D eigenvalue weighted by Gasteiger charge is 2.40. The van der Waals surface area contributed by atoms with E-state index in [0.717, 1.165) is 17.7 Å². The number of benzene rings is 1. The van der Waals surface area contributed by atoms with E-state index in [1.807, 2.05) is 36.6 Å². The number of amides is 1. The second-order valence-corrected chi connectivity index (χ2v) is 6.34. The van der Waals surface area contributed by atoms with Gasteiger partial charge in [-0.1, -0.05) is 30.3 Å². The first kappa shape index (κ1) is 15.9. The average Bonchev–Trinajstić information content (AvgIpc) is 2.94. The lowest BCUT2D eigenvalue weighted by Gasteiger charge is -2.16. The molecule has 1 heterocycles. The van der Waals surface area contributed by atoms with Crippen molar-refractivity contribution in [2.24, 2.45) is 5.92 Å². The lowest BCUT2D eigenvalue weighted by molar-refractivity contribution is -0.141. The molecule has 1 aromatic carbocycles. The molecule has 1 fully saturated rings. The van der Waals surface area contributed by atoms with Crippen LogP contribution in [0.1, 0.15) is 24.3 Å². The topological polar surface area (TPSA) is 57.6 Å². The minimum atomic E-state index is -0.816. The number of carbonyl (C=O) groups excluding carboxylic acids is 1. The molecule has 4 nitrogen and oxygen atoms in total. The molecule has 1 amide bonds. The van der Waals surface area contributed by atoms with Crippen LogP contribution in [0.15, 0.2) is 30.3 Å². The van der Waals surface area contributed by atoms with Gasteiger partial charge in [0.05, 0.1) is 5.92 Å². The van der Waals surface area contributed by atoms with E-state index in [1.54, 1.807) is 16.7 Å². The van der Waals surface area contributed by atoms with Crippen molar-refractivity contribution < 1.29 is 14.7 Å². The molecule has 2 atom stereocenters. The first-order valence-corrected chi connectivity index (χ1v) is 8.57. The zero-order valence-corrected chi connectivity index (χ0v) is 13.0. The predicted molar refractivity (Wildman–Crippen MR) is 84.5 cm³/mol. The third kappa shape index (κ3) is 4.00. The van der Waals surface area contributed by atoms with E-state index >= 15 is 0 Å². The van der Waals surface area contributed by atoms with Crippen molar-refractivity contribution in [1.29, 1.82) is 0 Å². The first-order chi connectivity index (χ1) is 10.1. The van der Waals surface area contributed by atoms with Gasteiger partial charge < -0.3 is 10.0 Å². The van der Waals surface area contributed by atoms with E-state index in [1.165, 1.54) is 0 Å². The Kier molecular flexibility index (Phi) is 5.67. The Morgan fingerprint density at radius 1 is 1.29 bits per heavy atom. The van der Waals surface area contributed by atoms with E-state index in [-0.39, 0.29) is 11.8 Å². The summed E-state index contributed by atoms with van der Waals surface area (Å²) in [5.41, 5.74) is 1.00. The first-order valence-electron chi connectivity index (χ1n) is 7.18. The number of carbonyl (C=O) groups is 2. The van der Waals surface area contributed by atoms with Crippen molar-refractivity contribution >= 4 is 23.6 Å². The van der Waals surface area contributed by atoms with E-state index in [0.29, 0.717) is 19.5 Å². The summed E-state index contributed by atoms with van der Waals surface area (Å²) in [5, 5.41) is 9.42. The van der Waals surface area contributed by atoms with Crippen molar-refractivity contribution in [2.75, 3.05) is 25.1 Å². The monoisotopic (exact) mass is 307 g/mol. The molecule has 0 aromatic heterocycles. The maximum Gasteiger partial charge on any atom is 0.308 e. The molecule has 1 N–H and O–H groups in total. The van der Waals surface area contributed by atoms with Gasteiger partial charge in [-0.3, -0.25) is 9.59 Å². The summed E-state index contributed by atoms with van der Waals surface area (Å²) in [6, 6.07) is 9.64. The Morgan fingerprint density at radius 3 is 2.62 bits per heavy atom. The maximum atomic E-state index is 12.2. The minimum Gasteiger partial charge on any atom is -0.481 e. The molecule has 1 aliphatic rings. The fourth-order valence-electron chi connectivity index (χ4n) is 2.82. The normalized spacial score (nSPS) is 21.5. The van der Waals surface area contributed by atoms with Gasteiger partial charge in [0, 0.05) is 25.4 Å². The number of nitrogens with zero attached hydrogens (tertiary/aromatic N) is 1. The molecule has 114 valence electrons. The van der Waals surface area contributed by atoms with Crippen molar-refractivity contribution in [3.63, 3.8) is 0 Å². The Labute approximate surface area is 129 Å². The lowest BCUT2D eigenvalue weighted by Crippen LogP contribution is -2.29. The van der Waals surface area contributed by atoms with Gasteiger partial charge in [-0.2, -0.15) is 11.8 Å². The number of carboxylic acid groups (broad SMARTS) is 1. The standard InChI is InChI=1S/C16H21NO3S/c1-21-9-5-8-15(18)17-10-13(14(11-17)16(19)20)12-6-3-2-4-7-12/h2-4,6-7,13-14H,5,8-11H2,1H3,(H,19,20)/t13-,14-/m0/s1. The molecule has 0 saturated carbocycles. The van der Waals surface area contributed by atoms with Gasteiger partial charge in [0.2, 0.25) is 5.91 Å². The average molecular weight is 307 g/mol. The van der Waals surface area contributed by atoms with Crippen LogP contribution >= 0.6 is 11.8 Å². The molecule has 5 heteroatoms. The predicted octanol–water partition coefficient (Wildman–Crippen LogP) is 2.46. The van der Waals surface area contributed by atoms with Crippen LogP contribution in [0.2, 0.25) is 0 Å². The minimum absolute atomic E-state index is 0.0775. The zero-order valence-electron chi connectivity index (χ0n) is 12.2. The van der Waals surface area contributed by atoms with Gasteiger partial charge in [-0.15, -0.1) is 0 Å². The maximum absolute atomic E-state index is 12.2. The van der Waals surface area contributed by atoms with E-state index in [2.05, 4.69) is 0 Å². The number of likely N-dealkylation sites (tertiary alicyclic amines) is 1. The molecule has 1 aliphatic heterocycles. The Balaban J connectivity index is 2.05. The Hall–Kier alpha value is -1.49. The molecule has 21 heavy (non-hydrogen) atoms. The Morgan fingerprint density at radius 2 is 2.00 bits per heavy atom. The molecule has 0 bridgehead atoms. The molecular weight excluding hydrogens is 286 g/mol. The quantitative estimate of drug-likeness (QED) is 0.820. The second-order valence-electron chi connectivity index (χ2n) is 5.36. The van der Waals surface area contributed by atoms with Crippen molar-refractivity contribution in [3.8, 4) is 0 Å². The highest BCUT2D eigenvalue weighted by Crippen LogP contribution is 2.33. The molecule has 2 rings (SSSR count). The van der Waals surface area contributed by atoms with Crippen LogP contribution in [0, 0.1) is 5.92 Å². The highest BCUT2D eigenvalue weighted by atomic mass is 32.2. The third-order valence-corrected chi connectivity index (χ3v) is 4.65. The second kappa shape index (κ2) is 7.50. The summed E-state index contributed by atoms with van der Waals surface area (Å²) in [6.45, 7) is 0.839. The highest BCUT2D eigenvalue weighted by molar-refractivity contribution is 7.98. The van der Waals surface area contributed by atoms with Gasteiger partial charge in [-0.05, 0) is 24.0 Å². The smallest absolute Gasteiger partial charge is 0.308 e. The molecular formula is C16H21NO3S. The van der Waals surface area contributed by atoms with E-state index in [9.17, 15) is 14.7 Å². The fourth-order valence-corrected chi connectivity index (χ4v) is 3.25. The molecule has 0 aliphatic carbocycles. The fraction of sp³-hybridized carbons (Fsp3) is 0.500. The zero-order chi connectivity index (χ0) is 15.2. The van der Waals surface area contributed by atoms with E-state index < -0.39 is 11.9 Å². The number of carboxylic acids is 1. The van der Waals surface area contributed by atoms with Gasteiger partial charge >= 0.3 is 5.97 Å². The summed E-state index contributed by atoms with van der Waals surface area (Å²) in [4.78, 5) is 25.4. The van der Waals surface area contributed by atoms with Crippen LogP contribution in [0.25, 0.3) is 0 Å². The summed E-state index contributed by atoms with van der Waals surface area (Å²) in [7, 11) is 0. The lowest BCUT2D eigenvalue weighted by atomic mass is 9.89. The number of rotatable bonds is 6. The van der Waals surface area contributed by atoms with Crippen LogP contribution in [-0.4, -0.2) is 47.0 Å². The van der Waals surface area contributed by atoms with Crippen LogP contribution in [-0.2, 0) is 9.59 Å². The van der Waals surface area contributed by atoms with Crippen molar-refractivity contribution in [2.45, 2.75) is 18.8 Å². The summed E-state index contributed by atoms with van der Waals surface area (Å²) in [6.07, 6.45) is 3.38.